The lowest BCUT2D eigenvalue weighted by atomic mass is 10.2. The summed E-state index contributed by atoms with van der Waals surface area (Å²) in [6.07, 6.45) is 1.11. The largest absolute Gasteiger partial charge is 0.478 e. The van der Waals surface area contributed by atoms with Crippen molar-refractivity contribution in [3.05, 3.63) is 40.5 Å². The van der Waals surface area contributed by atoms with E-state index in [1.54, 1.807) is 0 Å². The van der Waals surface area contributed by atoms with Gasteiger partial charge in [0.25, 0.3) is 10.0 Å². The zero-order chi connectivity index (χ0) is 14.0. The number of anilines is 1. The van der Waals surface area contributed by atoms with Crippen LogP contribution in [-0.2, 0) is 10.0 Å². The molecule has 1 aromatic carbocycles. The van der Waals surface area contributed by atoms with Crippen molar-refractivity contribution in [1.29, 1.82) is 0 Å². The van der Waals surface area contributed by atoms with Crippen LogP contribution in [-0.4, -0.2) is 24.5 Å². The number of carboxylic acid groups (broad SMARTS) is 1. The smallest absolute Gasteiger partial charge is 0.337 e. The first-order chi connectivity index (χ1) is 8.90. The van der Waals surface area contributed by atoms with E-state index in [1.165, 1.54) is 24.3 Å². The van der Waals surface area contributed by atoms with Gasteiger partial charge < -0.3 is 5.11 Å². The molecule has 0 bridgehead atoms. The summed E-state index contributed by atoms with van der Waals surface area (Å²) >= 11 is 6.36. The Morgan fingerprint density at radius 1 is 1.37 bits per heavy atom. The van der Waals surface area contributed by atoms with Gasteiger partial charge in [0.15, 0.2) is 8.68 Å². The van der Waals surface area contributed by atoms with E-state index in [1.807, 2.05) is 0 Å². The van der Waals surface area contributed by atoms with E-state index in [2.05, 4.69) is 9.71 Å². The van der Waals surface area contributed by atoms with E-state index >= 15 is 0 Å². The van der Waals surface area contributed by atoms with Crippen LogP contribution in [0.2, 0.25) is 4.47 Å². The molecule has 2 N–H and O–H groups in total. The molecule has 19 heavy (non-hydrogen) atoms. The number of rotatable bonds is 4. The first-order valence-corrected chi connectivity index (χ1v) is 7.54. The summed E-state index contributed by atoms with van der Waals surface area (Å²) in [4.78, 5) is 14.6. The molecule has 0 amide bonds. The van der Waals surface area contributed by atoms with Crippen LogP contribution in [0.25, 0.3) is 0 Å². The maximum Gasteiger partial charge on any atom is 0.337 e. The molecule has 2 aromatic rings. The topological polar surface area (TPSA) is 96.4 Å². The second kappa shape index (κ2) is 5.16. The van der Waals surface area contributed by atoms with Crippen molar-refractivity contribution in [1.82, 2.24) is 4.98 Å². The van der Waals surface area contributed by atoms with Gasteiger partial charge in [-0.3, -0.25) is 4.72 Å². The van der Waals surface area contributed by atoms with Gasteiger partial charge in [0.05, 0.1) is 17.4 Å². The average Bonchev–Trinajstić information content (AvgIpc) is 2.76. The maximum absolute atomic E-state index is 12.0. The van der Waals surface area contributed by atoms with Gasteiger partial charge in [-0.2, -0.15) is 0 Å². The molecule has 0 radical (unpaired) electrons. The fourth-order valence-electron chi connectivity index (χ4n) is 1.32. The Hall–Kier alpha value is -1.64. The number of carbonyl (C=O) groups is 1. The number of halogens is 1. The average molecular weight is 319 g/mol. The van der Waals surface area contributed by atoms with Gasteiger partial charge in [-0.25, -0.2) is 18.2 Å². The maximum atomic E-state index is 12.0. The van der Waals surface area contributed by atoms with Gasteiger partial charge in [-0.05, 0) is 12.1 Å². The SMILES string of the molecule is O=C(O)c1ccccc1NS(=O)(=O)c1cnc(Cl)s1. The molecule has 0 saturated carbocycles. The van der Waals surface area contributed by atoms with Crippen molar-refractivity contribution < 1.29 is 18.3 Å². The minimum Gasteiger partial charge on any atom is -0.478 e. The van der Waals surface area contributed by atoms with Crippen molar-refractivity contribution in [2.75, 3.05) is 4.72 Å². The summed E-state index contributed by atoms with van der Waals surface area (Å²) in [6, 6.07) is 5.71. The molecule has 0 atom stereocenters. The highest BCUT2D eigenvalue weighted by Gasteiger charge is 2.20. The van der Waals surface area contributed by atoms with Crippen LogP contribution < -0.4 is 4.72 Å². The minimum atomic E-state index is -3.89. The van der Waals surface area contributed by atoms with Crippen molar-refractivity contribution in [3.63, 3.8) is 0 Å². The van der Waals surface area contributed by atoms with Crippen molar-refractivity contribution in [2.45, 2.75) is 4.21 Å². The fourth-order valence-corrected chi connectivity index (χ4v) is 3.69. The number of thiazole rings is 1. The number of sulfonamides is 1. The van der Waals surface area contributed by atoms with E-state index in [9.17, 15) is 13.2 Å². The fraction of sp³-hybridized carbons (Fsp3) is 0. The lowest BCUT2D eigenvalue weighted by Gasteiger charge is -2.08. The minimum absolute atomic E-state index is 0.0143. The second-order valence-corrected chi connectivity index (χ2v) is 6.91. The van der Waals surface area contributed by atoms with Crippen molar-refractivity contribution in [3.8, 4) is 0 Å². The van der Waals surface area contributed by atoms with E-state index in [-0.39, 0.29) is 19.9 Å². The van der Waals surface area contributed by atoms with E-state index in [0.717, 1.165) is 17.5 Å². The Morgan fingerprint density at radius 2 is 2.05 bits per heavy atom. The van der Waals surface area contributed by atoms with Crippen LogP contribution in [0, 0.1) is 0 Å². The number of carboxylic acids is 1. The molecule has 0 aliphatic carbocycles. The molecule has 1 aromatic heterocycles. The highest BCUT2D eigenvalue weighted by Crippen LogP contribution is 2.25. The highest BCUT2D eigenvalue weighted by molar-refractivity contribution is 7.94. The van der Waals surface area contributed by atoms with E-state index in [0.29, 0.717) is 0 Å². The Labute approximate surface area is 117 Å². The quantitative estimate of drug-likeness (QED) is 0.901. The Balaban J connectivity index is 2.39. The van der Waals surface area contributed by atoms with Crippen molar-refractivity contribution >= 4 is 44.6 Å². The van der Waals surface area contributed by atoms with Crippen LogP contribution in [0.1, 0.15) is 10.4 Å². The first kappa shape index (κ1) is 13.8. The van der Waals surface area contributed by atoms with Crippen molar-refractivity contribution in [2.24, 2.45) is 0 Å². The number of benzene rings is 1. The molecule has 2 rings (SSSR count). The number of hydrogen-bond acceptors (Lipinski definition) is 5. The zero-order valence-corrected chi connectivity index (χ0v) is 11.6. The van der Waals surface area contributed by atoms with Crippen LogP contribution in [0.4, 0.5) is 5.69 Å². The molecule has 0 unspecified atom stereocenters. The monoisotopic (exact) mass is 318 g/mol. The lowest BCUT2D eigenvalue weighted by molar-refractivity contribution is 0.0698. The summed E-state index contributed by atoms with van der Waals surface area (Å²) in [5, 5.41) is 8.97. The van der Waals surface area contributed by atoms with Gasteiger partial charge >= 0.3 is 5.97 Å². The van der Waals surface area contributed by atoms with Crippen LogP contribution in [0.5, 0.6) is 0 Å². The molecule has 6 nitrogen and oxygen atoms in total. The molecule has 0 aliphatic heterocycles. The van der Waals surface area contributed by atoms with E-state index < -0.39 is 16.0 Å². The molecule has 1 heterocycles. The highest BCUT2D eigenvalue weighted by atomic mass is 35.5. The predicted octanol–water partition coefficient (Wildman–Crippen LogP) is 2.30. The lowest BCUT2D eigenvalue weighted by Crippen LogP contribution is -2.14. The Morgan fingerprint density at radius 3 is 2.63 bits per heavy atom. The summed E-state index contributed by atoms with van der Waals surface area (Å²) in [5.74, 6) is -1.22. The van der Waals surface area contributed by atoms with Gasteiger partial charge in [0.1, 0.15) is 0 Å². The number of aromatic carboxylic acids is 1. The normalized spacial score (nSPS) is 11.2. The zero-order valence-electron chi connectivity index (χ0n) is 9.20. The van der Waals surface area contributed by atoms with E-state index in [4.69, 9.17) is 16.7 Å². The molecule has 100 valence electrons. The second-order valence-electron chi connectivity index (χ2n) is 3.39. The summed E-state index contributed by atoms with van der Waals surface area (Å²) in [7, 11) is -3.89. The Kier molecular flexibility index (Phi) is 3.74. The summed E-state index contributed by atoms with van der Waals surface area (Å²) in [6.45, 7) is 0. The third kappa shape index (κ3) is 3.03. The standard InChI is InChI=1S/C10H7ClN2O4S2/c11-10-12-5-8(18-10)19(16,17)13-7-4-2-1-3-6(7)9(14)15/h1-5,13H,(H,14,15). The number of nitrogens with zero attached hydrogens (tertiary/aromatic N) is 1. The number of para-hydroxylation sites is 1. The van der Waals surface area contributed by atoms with Crippen LogP contribution >= 0.6 is 22.9 Å². The molecule has 9 heteroatoms. The molecular weight excluding hydrogens is 312 g/mol. The third-order valence-electron chi connectivity index (χ3n) is 2.12. The molecule has 0 aliphatic rings. The number of hydrogen-bond donors (Lipinski definition) is 2. The summed E-state index contributed by atoms with van der Waals surface area (Å²) in [5.41, 5.74) is -0.152. The van der Waals surface area contributed by atoms with Gasteiger partial charge in [0, 0.05) is 0 Å². The Bertz CT molecular complexity index is 727. The summed E-state index contributed by atoms with van der Waals surface area (Å²) < 4.78 is 26.2. The van der Waals surface area contributed by atoms with Gasteiger partial charge in [0.2, 0.25) is 0 Å². The molecular formula is C10H7ClN2O4S2. The van der Waals surface area contributed by atoms with Gasteiger partial charge in [-0.1, -0.05) is 35.1 Å². The molecule has 0 fully saturated rings. The van der Waals surface area contributed by atoms with Gasteiger partial charge in [-0.15, -0.1) is 0 Å². The first-order valence-electron chi connectivity index (χ1n) is 4.86. The number of aromatic nitrogens is 1. The third-order valence-corrected chi connectivity index (χ3v) is 5.06. The number of nitrogens with one attached hydrogen (secondary N) is 1. The molecule has 0 saturated heterocycles. The van der Waals surface area contributed by atoms with Crippen LogP contribution in [0.15, 0.2) is 34.7 Å². The van der Waals surface area contributed by atoms with Crippen LogP contribution in [0.3, 0.4) is 0 Å². The molecule has 0 spiro atoms. The predicted molar refractivity (Wildman–Crippen MR) is 71.3 cm³/mol.